The van der Waals surface area contributed by atoms with Crippen LogP contribution in [-0.2, 0) is 13.0 Å². The summed E-state index contributed by atoms with van der Waals surface area (Å²) in [6.07, 6.45) is 0.657. The van der Waals surface area contributed by atoms with Gasteiger partial charge in [-0.25, -0.2) is 0 Å². The van der Waals surface area contributed by atoms with Gasteiger partial charge in [0.05, 0.1) is 18.8 Å². The molecule has 2 aliphatic rings. The number of likely N-dealkylation sites (N-methyl/N-ethyl adjacent to an activating group) is 1. The molecule has 1 aromatic carbocycles. The van der Waals surface area contributed by atoms with E-state index < -0.39 is 0 Å². The molecule has 0 saturated heterocycles. The van der Waals surface area contributed by atoms with Gasteiger partial charge in [0.1, 0.15) is 11.2 Å². The third-order valence-electron chi connectivity index (χ3n) is 5.26. The Kier molecular flexibility index (Phi) is 5.46. The lowest BCUT2D eigenvalue weighted by atomic mass is 10.0. The highest BCUT2D eigenvalue weighted by molar-refractivity contribution is 7.16. The number of rotatable bonds is 6. The van der Waals surface area contributed by atoms with Crippen LogP contribution in [0.15, 0.2) is 18.2 Å². The molecular formula is C21H27N3O3S. The van der Waals surface area contributed by atoms with Crippen LogP contribution in [0.4, 0.5) is 5.00 Å². The minimum absolute atomic E-state index is 0.00745. The molecule has 1 aromatic heterocycles. The summed E-state index contributed by atoms with van der Waals surface area (Å²) in [5.74, 6) is 1.43. The van der Waals surface area contributed by atoms with E-state index in [9.17, 15) is 4.79 Å². The lowest BCUT2D eigenvalue weighted by molar-refractivity contribution is 0.0934. The summed E-state index contributed by atoms with van der Waals surface area (Å²) in [6.45, 7) is 10.2. The second-order valence-corrected chi connectivity index (χ2v) is 8.05. The summed E-state index contributed by atoms with van der Waals surface area (Å²) < 4.78 is 11.4. The van der Waals surface area contributed by atoms with Crippen LogP contribution in [0, 0.1) is 0 Å². The molecule has 0 radical (unpaired) electrons. The second kappa shape index (κ2) is 8.01. The van der Waals surface area contributed by atoms with Crippen LogP contribution < -0.4 is 20.1 Å². The maximum atomic E-state index is 12.9. The summed E-state index contributed by atoms with van der Waals surface area (Å²) in [5, 5.41) is 7.62. The fourth-order valence-electron chi connectivity index (χ4n) is 3.85. The fourth-order valence-corrected chi connectivity index (χ4v) is 5.17. The zero-order chi connectivity index (χ0) is 19.7. The first-order valence-corrected chi connectivity index (χ1v) is 10.8. The van der Waals surface area contributed by atoms with E-state index in [-0.39, 0.29) is 12.1 Å². The van der Waals surface area contributed by atoms with Crippen LogP contribution in [0.25, 0.3) is 0 Å². The van der Waals surface area contributed by atoms with E-state index in [1.165, 1.54) is 10.4 Å². The molecule has 2 N–H and O–H groups in total. The Bertz CT molecular complexity index is 880. The van der Waals surface area contributed by atoms with Crippen molar-refractivity contribution in [2.75, 3.05) is 31.6 Å². The molecule has 1 atom stereocenters. The monoisotopic (exact) mass is 401 g/mol. The van der Waals surface area contributed by atoms with Gasteiger partial charge in [-0.15, -0.1) is 11.3 Å². The summed E-state index contributed by atoms with van der Waals surface area (Å²) in [7, 11) is 0. The van der Waals surface area contributed by atoms with E-state index in [2.05, 4.69) is 22.5 Å². The van der Waals surface area contributed by atoms with Gasteiger partial charge < -0.3 is 20.1 Å². The number of amides is 1. The van der Waals surface area contributed by atoms with Crippen molar-refractivity contribution in [3.63, 3.8) is 0 Å². The molecule has 2 aromatic rings. The number of carbonyl (C=O) groups is 1. The molecule has 2 aliphatic heterocycles. The molecule has 0 fully saturated rings. The predicted octanol–water partition coefficient (Wildman–Crippen LogP) is 3.78. The molecule has 1 amide bonds. The van der Waals surface area contributed by atoms with Crippen LogP contribution in [0.1, 0.15) is 53.3 Å². The average molecular weight is 402 g/mol. The van der Waals surface area contributed by atoms with Gasteiger partial charge >= 0.3 is 0 Å². The average Bonchev–Trinajstić information content (AvgIpc) is 3.07. The van der Waals surface area contributed by atoms with Crippen LogP contribution in [0.2, 0.25) is 0 Å². The molecule has 0 unspecified atom stereocenters. The first-order chi connectivity index (χ1) is 13.6. The molecule has 7 heteroatoms. The highest BCUT2D eigenvalue weighted by Gasteiger charge is 2.33. The van der Waals surface area contributed by atoms with Crippen LogP contribution in [0.3, 0.4) is 0 Å². The zero-order valence-electron chi connectivity index (χ0n) is 16.6. The third kappa shape index (κ3) is 3.44. The number of carbonyl (C=O) groups excluding carboxylic acids is 1. The van der Waals surface area contributed by atoms with Gasteiger partial charge in [-0.2, -0.15) is 0 Å². The van der Waals surface area contributed by atoms with Crippen molar-refractivity contribution >= 4 is 22.2 Å². The van der Waals surface area contributed by atoms with Crippen molar-refractivity contribution in [3.8, 4) is 11.5 Å². The van der Waals surface area contributed by atoms with Crippen LogP contribution >= 0.6 is 11.3 Å². The molecule has 0 spiro atoms. The SMILES string of the molecule is CCOc1ccc([C@@H]2NC(=O)c3c(sc4c3CCN(CC)C4)N2)cc1OCC. The maximum absolute atomic E-state index is 12.9. The first-order valence-electron chi connectivity index (χ1n) is 9.98. The first kappa shape index (κ1) is 19.1. The van der Waals surface area contributed by atoms with Crippen molar-refractivity contribution in [1.29, 1.82) is 0 Å². The van der Waals surface area contributed by atoms with Gasteiger partial charge in [-0.05, 0) is 50.1 Å². The summed E-state index contributed by atoms with van der Waals surface area (Å²) in [4.78, 5) is 16.6. The maximum Gasteiger partial charge on any atom is 0.256 e. The van der Waals surface area contributed by atoms with Crippen LogP contribution in [0.5, 0.6) is 11.5 Å². The van der Waals surface area contributed by atoms with Crippen LogP contribution in [-0.4, -0.2) is 37.1 Å². The molecule has 4 rings (SSSR count). The number of thiophene rings is 1. The minimum atomic E-state index is -0.280. The summed E-state index contributed by atoms with van der Waals surface area (Å²) in [6, 6.07) is 5.83. The topological polar surface area (TPSA) is 62.8 Å². The van der Waals surface area contributed by atoms with E-state index in [4.69, 9.17) is 9.47 Å². The van der Waals surface area contributed by atoms with Gasteiger partial charge in [-0.3, -0.25) is 9.69 Å². The Morgan fingerprint density at radius 2 is 1.93 bits per heavy atom. The molecular weight excluding hydrogens is 374 g/mol. The van der Waals surface area contributed by atoms with Gasteiger partial charge in [0.2, 0.25) is 0 Å². The highest BCUT2D eigenvalue weighted by atomic mass is 32.1. The van der Waals surface area contributed by atoms with Crippen molar-refractivity contribution in [3.05, 3.63) is 39.8 Å². The van der Waals surface area contributed by atoms with Crippen molar-refractivity contribution in [2.45, 2.75) is 39.9 Å². The molecule has 28 heavy (non-hydrogen) atoms. The highest BCUT2D eigenvalue weighted by Crippen LogP contribution is 2.41. The van der Waals surface area contributed by atoms with E-state index in [1.807, 2.05) is 32.0 Å². The Labute approximate surface area is 169 Å². The van der Waals surface area contributed by atoms with Gasteiger partial charge in [-0.1, -0.05) is 13.0 Å². The third-order valence-corrected chi connectivity index (χ3v) is 6.41. The quantitative estimate of drug-likeness (QED) is 0.771. The largest absolute Gasteiger partial charge is 0.490 e. The molecule has 0 aliphatic carbocycles. The number of fused-ring (bicyclic) bond motifs is 3. The number of nitrogens with one attached hydrogen (secondary N) is 2. The molecule has 150 valence electrons. The number of ether oxygens (including phenoxy) is 2. The Balaban J connectivity index is 1.62. The number of hydrogen-bond donors (Lipinski definition) is 2. The lowest BCUT2D eigenvalue weighted by Crippen LogP contribution is -2.38. The normalized spacial score (nSPS) is 18.7. The summed E-state index contributed by atoms with van der Waals surface area (Å²) in [5.41, 5.74) is 3.00. The second-order valence-electron chi connectivity index (χ2n) is 6.95. The minimum Gasteiger partial charge on any atom is -0.490 e. The Hall–Kier alpha value is -2.25. The van der Waals surface area contributed by atoms with Gasteiger partial charge in [0.15, 0.2) is 11.5 Å². The number of anilines is 1. The predicted molar refractivity (Wildman–Crippen MR) is 112 cm³/mol. The molecule has 6 nitrogen and oxygen atoms in total. The number of hydrogen-bond acceptors (Lipinski definition) is 6. The Morgan fingerprint density at radius 1 is 1.14 bits per heavy atom. The van der Waals surface area contributed by atoms with Gasteiger partial charge in [0.25, 0.3) is 5.91 Å². The summed E-state index contributed by atoms with van der Waals surface area (Å²) >= 11 is 1.72. The van der Waals surface area contributed by atoms with Crippen molar-refractivity contribution in [1.82, 2.24) is 10.2 Å². The number of benzene rings is 1. The standard InChI is InChI=1S/C21H27N3O3S/c1-4-24-10-9-14-17(12-24)28-21-18(14)20(25)22-19(23-21)13-7-8-15(26-5-2)16(11-13)27-6-3/h7-8,11,19,23H,4-6,9-10,12H2,1-3H3,(H,22,25)/t19-/m1/s1. The fraction of sp³-hybridized carbons (Fsp3) is 0.476. The van der Waals surface area contributed by atoms with Gasteiger partial charge in [0, 0.05) is 18.0 Å². The number of nitrogens with zero attached hydrogens (tertiary/aromatic N) is 1. The Morgan fingerprint density at radius 3 is 2.68 bits per heavy atom. The zero-order valence-corrected chi connectivity index (χ0v) is 17.4. The van der Waals surface area contributed by atoms with E-state index in [0.29, 0.717) is 19.0 Å². The van der Waals surface area contributed by atoms with E-state index in [0.717, 1.165) is 47.9 Å². The molecule has 3 heterocycles. The molecule has 0 bridgehead atoms. The van der Waals surface area contributed by atoms with E-state index in [1.54, 1.807) is 11.3 Å². The van der Waals surface area contributed by atoms with E-state index >= 15 is 0 Å². The van der Waals surface area contributed by atoms with Crippen molar-refractivity contribution < 1.29 is 14.3 Å². The van der Waals surface area contributed by atoms with Crippen molar-refractivity contribution in [2.24, 2.45) is 0 Å². The smallest absolute Gasteiger partial charge is 0.256 e. The lowest BCUT2D eigenvalue weighted by Gasteiger charge is -2.28. The molecule has 0 saturated carbocycles.